The van der Waals surface area contributed by atoms with Gasteiger partial charge in [-0.2, -0.15) is 0 Å². The second-order valence-corrected chi connectivity index (χ2v) is 3.00. The molecule has 1 N–H and O–H groups in total. The third kappa shape index (κ3) is 2.97. The van der Waals surface area contributed by atoms with E-state index in [4.69, 9.17) is 0 Å². The van der Waals surface area contributed by atoms with Gasteiger partial charge in [0.05, 0.1) is 0 Å². The van der Waals surface area contributed by atoms with Gasteiger partial charge in [0.25, 0.3) is 0 Å². The lowest BCUT2D eigenvalue weighted by atomic mass is 10.2. The molecule has 0 saturated carbocycles. The minimum Gasteiger partial charge on any atom is -0.352 e. The summed E-state index contributed by atoms with van der Waals surface area (Å²) in [5.41, 5.74) is 0.188. The van der Waals surface area contributed by atoms with Crippen molar-refractivity contribution >= 4 is 5.91 Å². The van der Waals surface area contributed by atoms with Crippen LogP contribution in [0.15, 0.2) is 12.1 Å². The van der Waals surface area contributed by atoms with Crippen molar-refractivity contribution in [2.75, 3.05) is 0 Å². The summed E-state index contributed by atoms with van der Waals surface area (Å²) in [6.45, 7) is 1.64. The fourth-order valence-electron chi connectivity index (χ4n) is 1.04. The number of hydrogen-bond acceptors (Lipinski definition) is 1. The first kappa shape index (κ1) is 11.6. The van der Waals surface area contributed by atoms with Crippen LogP contribution in [0.4, 0.5) is 13.2 Å². The van der Waals surface area contributed by atoms with Gasteiger partial charge in [-0.1, -0.05) is 6.92 Å². The predicted molar refractivity (Wildman–Crippen MR) is 48.5 cm³/mol. The number of amides is 1. The Morgan fingerprint density at radius 2 is 1.80 bits per heavy atom. The minimum atomic E-state index is -1.50. The van der Waals surface area contributed by atoms with Crippen LogP contribution in [-0.2, 0) is 11.3 Å². The van der Waals surface area contributed by atoms with Crippen LogP contribution < -0.4 is 5.32 Å². The third-order valence-electron chi connectivity index (χ3n) is 1.85. The van der Waals surface area contributed by atoms with Crippen molar-refractivity contribution in [1.82, 2.24) is 5.32 Å². The van der Waals surface area contributed by atoms with Crippen molar-refractivity contribution < 1.29 is 18.0 Å². The number of carbonyl (C=O) groups excluding carboxylic acids is 1. The second kappa shape index (κ2) is 4.82. The fraction of sp³-hybridized carbons (Fsp3) is 0.300. The highest BCUT2D eigenvalue weighted by Gasteiger charge is 2.10. The lowest BCUT2D eigenvalue weighted by molar-refractivity contribution is -0.120. The maximum Gasteiger partial charge on any atom is 0.219 e. The molecule has 0 aliphatic carbocycles. The maximum atomic E-state index is 12.7. The monoisotopic (exact) mass is 217 g/mol. The summed E-state index contributed by atoms with van der Waals surface area (Å²) >= 11 is 0. The first-order valence-electron chi connectivity index (χ1n) is 4.44. The molecule has 1 aromatic carbocycles. The zero-order valence-corrected chi connectivity index (χ0v) is 8.11. The lowest BCUT2D eigenvalue weighted by Crippen LogP contribution is -2.21. The molecular weight excluding hydrogens is 207 g/mol. The molecule has 1 amide bonds. The van der Waals surface area contributed by atoms with Crippen molar-refractivity contribution in [1.29, 1.82) is 0 Å². The maximum absolute atomic E-state index is 12.7. The molecule has 0 radical (unpaired) electrons. The second-order valence-electron chi connectivity index (χ2n) is 3.00. The molecule has 0 fully saturated rings. The van der Waals surface area contributed by atoms with Crippen LogP contribution in [0.25, 0.3) is 0 Å². The van der Waals surface area contributed by atoms with Crippen LogP contribution in [0, 0.1) is 17.5 Å². The Bertz CT molecular complexity index is 356. The van der Waals surface area contributed by atoms with Crippen molar-refractivity contribution in [2.45, 2.75) is 19.9 Å². The Kier molecular flexibility index (Phi) is 3.71. The van der Waals surface area contributed by atoms with Crippen LogP contribution in [0.1, 0.15) is 18.9 Å². The number of benzene rings is 1. The predicted octanol–water partition coefficient (Wildman–Crippen LogP) is 2.13. The Labute approximate surface area is 85.1 Å². The molecule has 0 spiro atoms. The normalized spacial score (nSPS) is 10.1. The topological polar surface area (TPSA) is 29.1 Å². The van der Waals surface area contributed by atoms with Crippen LogP contribution in [0.5, 0.6) is 0 Å². The number of rotatable bonds is 3. The van der Waals surface area contributed by atoms with Gasteiger partial charge in [0.2, 0.25) is 5.91 Å². The van der Waals surface area contributed by atoms with Gasteiger partial charge < -0.3 is 5.32 Å². The minimum absolute atomic E-state index is 0.0131. The molecule has 0 saturated heterocycles. The third-order valence-corrected chi connectivity index (χ3v) is 1.85. The van der Waals surface area contributed by atoms with Gasteiger partial charge in [0, 0.05) is 13.0 Å². The van der Waals surface area contributed by atoms with Gasteiger partial charge in [0.1, 0.15) is 0 Å². The quantitative estimate of drug-likeness (QED) is 0.772. The summed E-state index contributed by atoms with van der Waals surface area (Å²) in [6.07, 6.45) is 0.284. The van der Waals surface area contributed by atoms with Crippen molar-refractivity contribution in [2.24, 2.45) is 0 Å². The summed E-state index contributed by atoms with van der Waals surface area (Å²) in [7, 11) is 0. The summed E-state index contributed by atoms with van der Waals surface area (Å²) in [6, 6.07) is 1.71. The van der Waals surface area contributed by atoms with Gasteiger partial charge in [-0.25, -0.2) is 13.2 Å². The van der Waals surface area contributed by atoms with Crippen molar-refractivity contribution in [3.05, 3.63) is 35.1 Å². The average Bonchev–Trinajstić information content (AvgIpc) is 2.22. The molecule has 1 rings (SSSR count). The Morgan fingerprint density at radius 1 is 1.27 bits per heavy atom. The van der Waals surface area contributed by atoms with E-state index in [0.717, 1.165) is 12.1 Å². The van der Waals surface area contributed by atoms with E-state index in [9.17, 15) is 18.0 Å². The molecule has 2 nitrogen and oxygen atoms in total. The summed E-state index contributed by atoms with van der Waals surface area (Å²) in [5, 5.41) is 2.43. The van der Waals surface area contributed by atoms with Gasteiger partial charge >= 0.3 is 0 Å². The number of nitrogens with one attached hydrogen (secondary N) is 1. The number of carbonyl (C=O) groups is 1. The smallest absolute Gasteiger partial charge is 0.219 e. The highest BCUT2D eigenvalue weighted by atomic mass is 19.2. The first-order chi connectivity index (χ1) is 7.04. The average molecular weight is 217 g/mol. The number of hydrogen-bond donors (Lipinski definition) is 1. The zero-order valence-electron chi connectivity index (χ0n) is 8.11. The van der Waals surface area contributed by atoms with Crippen molar-refractivity contribution in [3.8, 4) is 0 Å². The van der Waals surface area contributed by atoms with Crippen molar-refractivity contribution in [3.63, 3.8) is 0 Å². The highest BCUT2D eigenvalue weighted by molar-refractivity contribution is 5.75. The van der Waals surface area contributed by atoms with E-state index in [1.807, 2.05) is 0 Å². The summed E-state index contributed by atoms with van der Waals surface area (Å²) in [5.74, 6) is -4.24. The molecule has 82 valence electrons. The molecule has 5 heteroatoms. The SMILES string of the molecule is CCC(=O)NCc1cc(F)c(F)c(F)c1. The Morgan fingerprint density at radius 3 is 2.27 bits per heavy atom. The summed E-state index contributed by atoms with van der Waals surface area (Å²) < 4.78 is 38.0. The van der Waals surface area contributed by atoms with Gasteiger partial charge in [0.15, 0.2) is 17.5 Å². The lowest BCUT2D eigenvalue weighted by Gasteiger charge is -2.04. The molecule has 0 aliphatic rings. The number of halogens is 3. The van der Waals surface area contributed by atoms with E-state index in [1.165, 1.54) is 0 Å². The molecule has 0 atom stereocenters. The molecule has 0 aromatic heterocycles. The van der Waals surface area contributed by atoms with E-state index in [-0.39, 0.29) is 24.4 Å². The van der Waals surface area contributed by atoms with Crippen LogP contribution in [0.2, 0.25) is 0 Å². The van der Waals surface area contributed by atoms with Gasteiger partial charge in [-0.05, 0) is 17.7 Å². The van der Waals surface area contributed by atoms with E-state index in [1.54, 1.807) is 6.92 Å². The largest absolute Gasteiger partial charge is 0.352 e. The van der Waals surface area contributed by atoms with Crippen LogP contribution in [-0.4, -0.2) is 5.91 Å². The van der Waals surface area contributed by atoms with Crippen LogP contribution >= 0.6 is 0 Å². The first-order valence-corrected chi connectivity index (χ1v) is 4.44. The van der Waals surface area contributed by atoms with E-state index < -0.39 is 17.5 Å². The molecule has 0 aliphatic heterocycles. The Hall–Kier alpha value is -1.52. The molecule has 0 bridgehead atoms. The zero-order chi connectivity index (χ0) is 11.4. The summed E-state index contributed by atoms with van der Waals surface area (Å²) in [4.78, 5) is 10.8. The van der Waals surface area contributed by atoms with E-state index >= 15 is 0 Å². The highest BCUT2D eigenvalue weighted by Crippen LogP contribution is 2.13. The van der Waals surface area contributed by atoms with Crippen LogP contribution in [0.3, 0.4) is 0 Å². The molecule has 0 unspecified atom stereocenters. The molecule has 0 heterocycles. The molecule has 1 aromatic rings. The molecular formula is C10H10F3NO. The van der Waals surface area contributed by atoms with E-state index in [0.29, 0.717) is 0 Å². The van der Waals surface area contributed by atoms with Gasteiger partial charge in [-0.15, -0.1) is 0 Å². The van der Waals surface area contributed by atoms with Gasteiger partial charge in [-0.3, -0.25) is 4.79 Å². The fourth-order valence-corrected chi connectivity index (χ4v) is 1.04. The Balaban J connectivity index is 2.75. The molecule has 15 heavy (non-hydrogen) atoms. The standard InChI is InChI=1S/C10H10F3NO/c1-2-9(15)14-5-6-3-7(11)10(13)8(12)4-6/h3-4H,2,5H2,1H3,(H,14,15). The van der Waals surface area contributed by atoms with E-state index in [2.05, 4.69) is 5.32 Å².